The zero-order valence-corrected chi connectivity index (χ0v) is 8.56. The predicted octanol–water partition coefficient (Wildman–Crippen LogP) is 0.910. The van der Waals surface area contributed by atoms with Crippen molar-refractivity contribution in [1.29, 1.82) is 0 Å². The van der Waals surface area contributed by atoms with Crippen molar-refractivity contribution in [3.05, 3.63) is 0 Å². The molecule has 2 N–H and O–H groups in total. The van der Waals surface area contributed by atoms with Crippen LogP contribution < -0.4 is 5.73 Å². The Morgan fingerprint density at radius 2 is 2.27 bits per heavy atom. The van der Waals surface area contributed by atoms with Gasteiger partial charge in [0.2, 0.25) is 0 Å². The lowest BCUT2D eigenvalue weighted by atomic mass is 10.2. The number of carbonyl (C=O) groups is 1. The Kier molecular flexibility index (Phi) is 3.48. The van der Waals surface area contributed by atoms with Crippen molar-refractivity contribution in [2.45, 2.75) is 24.4 Å². The van der Waals surface area contributed by atoms with Gasteiger partial charge in [0.25, 0.3) is 0 Å². The molecule has 0 fully saturated rings. The highest BCUT2D eigenvalue weighted by molar-refractivity contribution is 8.15. The molecule has 2 unspecified atom stereocenters. The topological polar surface area (TPSA) is 64.7 Å². The number of nitrogens with zero attached hydrogens (tertiary/aromatic N) is 1. The smallest absolute Gasteiger partial charge is 0.412 e. The van der Waals surface area contributed by atoms with Crippen molar-refractivity contribution < 1.29 is 22.7 Å². The third-order valence-corrected chi connectivity index (χ3v) is 2.71. The highest BCUT2D eigenvalue weighted by atomic mass is 32.2. The molecule has 1 aliphatic heterocycles. The lowest BCUT2D eigenvalue weighted by Gasteiger charge is -2.17. The Hall–Kier alpha value is -0.920. The Labute approximate surface area is 88.1 Å². The summed E-state index contributed by atoms with van der Waals surface area (Å²) < 4.78 is 41.7. The molecule has 86 valence electrons. The second kappa shape index (κ2) is 4.30. The molecule has 4 nitrogen and oxygen atoms in total. The molecule has 1 aliphatic rings. The number of hydrogen-bond acceptors (Lipinski definition) is 5. The van der Waals surface area contributed by atoms with Crippen LogP contribution in [0.2, 0.25) is 0 Å². The number of alkyl halides is 3. The van der Waals surface area contributed by atoms with E-state index in [0.717, 1.165) is 0 Å². The maximum Gasteiger partial charge on any atom is 0.412 e. The van der Waals surface area contributed by atoms with E-state index >= 15 is 0 Å². The number of rotatable bonds is 2. The molecule has 1 heterocycles. The van der Waals surface area contributed by atoms with Gasteiger partial charge in [0.15, 0.2) is 11.2 Å². The lowest BCUT2D eigenvalue weighted by molar-refractivity contribution is -0.161. The van der Waals surface area contributed by atoms with Gasteiger partial charge in [0.1, 0.15) is 5.25 Å². The second-order valence-electron chi connectivity index (χ2n) is 2.74. The molecule has 0 bridgehead atoms. The molecular weight excluding hydrogens is 233 g/mol. The van der Waals surface area contributed by atoms with Crippen LogP contribution in [-0.4, -0.2) is 35.2 Å². The molecular formula is C7H9F3N2O2S. The third-order valence-electron chi connectivity index (χ3n) is 1.66. The Bertz CT molecular complexity index is 292. The van der Waals surface area contributed by atoms with Crippen LogP contribution in [0, 0.1) is 0 Å². The largest absolute Gasteiger partial charge is 0.465 e. The first-order valence-electron chi connectivity index (χ1n) is 4.09. The molecule has 15 heavy (non-hydrogen) atoms. The number of nitrogens with two attached hydrogens (primary N) is 1. The predicted molar refractivity (Wildman–Crippen MR) is 49.5 cm³/mol. The van der Waals surface area contributed by atoms with Gasteiger partial charge in [-0.05, 0) is 6.92 Å². The Balaban J connectivity index is 2.79. The number of ether oxygens (including phenoxy) is 1. The van der Waals surface area contributed by atoms with Crippen molar-refractivity contribution in [2.75, 3.05) is 6.61 Å². The average Bonchev–Trinajstić information content (AvgIpc) is 2.47. The van der Waals surface area contributed by atoms with Crippen molar-refractivity contribution in [1.82, 2.24) is 0 Å². The van der Waals surface area contributed by atoms with E-state index in [9.17, 15) is 18.0 Å². The molecule has 0 radical (unpaired) electrons. The minimum atomic E-state index is -4.58. The summed E-state index contributed by atoms with van der Waals surface area (Å²) in [6.07, 6.45) is -4.58. The fourth-order valence-corrected chi connectivity index (χ4v) is 2.02. The number of aliphatic imine (C=N–C) groups is 1. The molecule has 0 aromatic carbocycles. The van der Waals surface area contributed by atoms with Gasteiger partial charge in [-0.1, -0.05) is 11.8 Å². The average molecular weight is 242 g/mol. The summed E-state index contributed by atoms with van der Waals surface area (Å²) in [6.45, 7) is 1.55. The van der Waals surface area contributed by atoms with Crippen LogP contribution in [0.15, 0.2) is 4.99 Å². The molecule has 0 aromatic heterocycles. The van der Waals surface area contributed by atoms with E-state index in [1.54, 1.807) is 0 Å². The van der Waals surface area contributed by atoms with Crippen molar-refractivity contribution in [3.63, 3.8) is 0 Å². The molecule has 8 heteroatoms. The summed E-state index contributed by atoms with van der Waals surface area (Å²) in [7, 11) is 0. The summed E-state index contributed by atoms with van der Waals surface area (Å²) in [5.41, 5.74) is 5.15. The molecule has 0 aliphatic carbocycles. The number of hydrogen-bond donors (Lipinski definition) is 1. The summed E-state index contributed by atoms with van der Waals surface area (Å²) >= 11 is 0.582. The number of thioether (sulfide) groups is 1. The fourth-order valence-electron chi connectivity index (χ4n) is 1.08. The zero-order valence-electron chi connectivity index (χ0n) is 7.75. The molecule has 0 saturated carbocycles. The summed E-state index contributed by atoms with van der Waals surface area (Å²) in [5, 5.41) is -1.65. The Morgan fingerprint density at radius 1 is 1.67 bits per heavy atom. The van der Waals surface area contributed by atoms with Gasteiger partial charge in [-0.15, -0.1) is 0 Å². The van der Waals surface area contributed by atoms with E-state index in [0.29, 0.717) is 11.8 Å². The third kappa shape index (κ3) is 2.77. The quantitative estimate of drug-likeness (QED) is 0.731. The first-order chi connectivity index (χ1) is 6.86. The van der Waals surface area contributed by atoms with Crippen LogP contribution >= 0.6 is 11.8 Å². The van der Waals surface area contributed by atoms with Gasteiger partial charge in [-0.2, -0.15) is 13.2 Å². The normalized spacial score (nSPS) is 26.3. The van der Waals surface area contributed by atoms with Crippen molar-refractivity contribution >= 4 is 22.9 Å². The van der Waals surface area contributed by atoms with Gasteiger partial charge in [-0.25, -0.2) is 4.99 Å². The maximum atomic E-state index is 12.4. The van der Waals surface area contributed by atoms with Crippen molar-refractivity contribution in [3.8, 4) is 0 Å². The first kappa shape index (κ1) is 12.2. The highest BCUT2D eigenvalue weighted by Gasteiger charge is 2.52. The molecule has 2 atom stereocenters. The number of esters is 1. The number of amidine groups is 1. The second-order valence-corrected chi connectivity index (χ2v) is 3.91. The maximum absolute atomic E-state index is 12.4. The summed E-state index contributed by atoms with van der Waals surface area (Å²) in [5.74, 6) is -0.936. The minimum absolute atomic E-state index is 0.0282. The molecule has 1 rings (SSSR count). The molecule has 0 aromatic rings. The summed E-state index contributed by atoms with van der Waals surface area (Å²) in [4.78, 5) is 14.4. The lowest BCUT2D eigenvalue weighted by Crippen LogP contribution is -2.39. The van der Waals surface area contributed by atoms with Gasteiger partial charge in [0, 0.05) is 0 Å². The Morgan fingerprint density at radius 3 is 2.73 bits per heavy atom. The van der Waals surface area contributed by atoms with Crippen LogP contribution in [0.25, 0.3) is 0 Å². The van der Waals surface area contributed by atoms with E-state index in [1.807, 2.05) is 0 Å². The highest BCUT2D eigenvalue weighted by Crippen LogP contribution is 2.36. The van der Waals surface area contributed by atoms with Gasteiger partial charge < -0.3 is 10.5 Å². The molecule has 0 amide bonds. The van der Waals surface area contributed by atoms with Gasteiger partial charge >= 0.3 is 12.1 Å². The van der Waals surface area contributed by atoms with Crippen molar-refractivity contribution in [2.24, 2.45) is 10.7 Å². The minimum Gasteiger partial charge on any atom is -0.465 e. The van der Waals surface area contributed by atoms with Crippen LogP contribution in [0.5, 0.6) is 0 Å². The SMILES string of the molecule is CCOC(=O)C1SC(N)=NC1C(F)(F)F. The van der Waals surface area contributed by atoms with E-state index in [1.165, 1.54) is 6.92 Å². The zero-order chi connectivity index (χ0) is 11.6. The van der Waals surface area contributed by atoms with E-state index < -0.39 is 23.4 Å². The first-order valence-corrected chi connectivity index (χ1v) is 4.97. The van der Waals surface area contributed by atoms with E-state index in [-0.39, 0.29) is 11.8 Å². The van der Waals surface area contributed by atoms with Gasteiger partial charge in [-0.3, -0.25) is 4.79 Å². The van der Waals surface area contributed by atoms with Crippen LogP contribution in [0.4, 0.5) is 13.2 Å². The molecule has 0 saturated heterocycles. The standard InChI is InChI=1S/C7H9F3N2O2S/c1-2-14-5(13)3-4(7(8,9)10)12-6(11)15-3/h3-4H,2H2,1H3,(H2,11,12). The van der Waals surface area contributed by atoms with E-state index in [2.05, 4.69) is 9.73 Å². The van der Waals surface area contributed by atoms with Gasteiger partial charge in [0.05, 0.1) is 6.61 Å². The number of halogens is 3. The van der Waals surface area contributed by atoms with Crippen LogP contribution in [0.3, 0.4) is 0 Å². The fraction of sp³-hybridized carbons (Fsp3) is 0.714. The van der Waals surface area contributed by atoms with E-state index in [4.69, 9.17) is 5.73 Å². The molecule has 0 spiro atoms. The van der Waals surface area contributed by atoms with Crippen LogP contribution in [0.1, 0.15) is 6.92 Å². The summed E-state index contributed by atoms with van der Waals surface area (Å²) in [6, 6.07) is -2.10. The monoisotopic (exact) mass is 242 g/mol. The van der Waals surface area contributed by atoms with Crippen LogP contribution in [-0.2, 0) is 9.53 Å². The number of carbonyl (C=O) groups excluding carboxylic acids is 1.